The number of ether oxygens (including phenoxy) is 1. The molecule has 0 radical (unpaired) electrons. The fourth-order valence-corrected chi connectivity index (χ4v) is 4.68. The molecule has 0 atom stereocenters. The Morgan fingerprint density at radius 1 is 0.853 bits per heavy atom. The van der Waals surface area contributed by atoms with Crippen LogP contribution in [0.5, 0.6) is 5.75 Å². The number of nitrogens with zero attached hydrogens (tertiary/aromatic N) is 1. The first-order chi connectivity index (χ1) is 16.7. The number of hydrogen-bond donors (Lipinski definition) is 2. The highest BCUT2D eigenvalue weighted by Gasteiger charge is 2.13. The number of aromatic nitrogens is 2. The number of methoxy groups -OCH3 is 1. The van der Waals surface area contributed by atoms with E-state index in [1.807, 2.05) is 0 Å². The Kier molecular flexibility index (Phi) is 8.46. The third-order valence-corrected chi connectivity index (χ3v) is 6.64. The normalized spacial score (nSPS) is 14.4. The lowest BCUT2D eigenvalue weighted by atomic mass is 10.1. The molecule has 180 valence electrons. The number of aromatic amines is 2. The van der Waals surface area contributed by atoms with E-state index in [1.54, 1.807) is 7.11 Å². The van der Waals surface area contributed by atoms with Gasteiger partial charge in [-0.15, -0.1) is 0 Å². The number of rotatable bonds is 13. The van der Waals surface area contributed by atoms with Crippen molar-refractivity contribution in [2.45, 2.75) is 78.1 Å². The van der Waals surface area contributed by atoms with Crippen molar-refractivity contribution in [2.75, 3.05) is 7.11 Å². The van der Waals surface area contributed by atoms with Gasteiger partial charge in [0.25, 0.3) is 0 Å². The van der Waals surface area contributed by atoms with Gasteiger partial charge in [0.2, 0.25) is 0 Å². The van der Waals surface area contributed by atoms with Gasteiger partial charge >= 0.3 is 0 Å². The van der Waals surface area contributed by atoms with Crippen LogP contribution in [-0.4, -0.2) is 22.8 Å². The molecule has 0 fully saturated rings. The fourth-order valence-electron chi connectivity index (χ4n) is 4.68. The van der Waals surface area contributed by atoms with Gasteiger partial charge in [0.15, 0.2) is 0 Å². The van der Waals surface area contributed by atoms with E-state index < -0.39 is 0 Å². The van der Waals surface area contributed by atoms with Crippen LogP contribution >= 0.6 is 0 Å². The van der Waals surface area contributed by atoms with Crippen LogP contribution in [0.2, 0.25) is 0 Å². The zero-order chi connectivity index (χ0) is 23.8. The van der Waals surface area contributed by atoms with Crippen LogP contribution in [0.4, 0.5) is 0 Å². The van der Waals surface area contributed by atoms with Crippen LogP contribution in [0.1, 0.15) is 82.4 Å². The quantitative estimate of drug-likeness (QED) is 0.248. The third-order valence-electron chi connectivity index (χ3n) is 6.64. The van der Waals surface area contributed by atoms with E-state index in [1.165, 1.54) is 74.4 Å². The molecule has 34 heavy (non-hydrogen) atoms. The van der Waals surface area contributed by atoms with E-state index in [4.69, 9.17) is 9.73 Å². The van der Waals surface area contributed by atoms with Crippen molar-refractivity contribution in [1.82, 2.24) is 9.97 Å². The number of aryl methyl sites for hydroxylation is 1. The smallest absolute Gasteiger partial charge is 0.144 e. The first-order valence-electron chi connectivity index (χ1n) is 13.0. The van der Waals surface area contributed by atoms with Crippen LogP contribution < -0.4 is 4.74 Å². The summed E-state index contributed by atoms with van der Waals surface area (Å²) in [5.74, 6) is 0.827. The molecule has 0 spiro atoms. The molecule has 2 aromatic heterocycles. The Balaban J connectivity index is 1.33. The lowest BCUT2D eigenvalue weighted by molar-refractivity contribution is 0.414. The highest BCUT2D eigenvalue weighted by Crippen LogP contribution is 2.31. The molecule has 1 aliphatic rings. The molecule has 0 bridgehead atoms. The monoisotopic (exact) mass is 457 g/mol. The van der Waals surface area contributed by atoms with Gasteiger partial charge in [-0.1, -0.05) is 69.9 Å². The van der Waals surface area contributed by atoms with E-state index in [-0.39, 0.29) is 0 Å². The number of allylic oxidation sites excluding steroid dienone is 2. The minimum Gasteiger partial charge on any atom is -0.494 e. The Morgan fingerprint density at radius 2 is 1.59 bits per heavy atom. The van der Waals surface area contributed by atoms with Crippen molar-refractivity contribution >= 4 is 22.7 Å². The summed E-state index contributed by atoms with van der Waals surface area (Å²) in [6, 6.07) is 10.7. The highest BCUT2D eigenvalue weighted by atomic mass is 16.5. The molecule has 3 heterocycles. The average Bonchev–Trinajstić information content (AvgIpc) is 3.56. The number of H-pyrrole nitrogens is 2. The highest BCUT2D eigenvalue weighted by molar-refractivity contribution is 5.99. The Morgan fingerprint density at radius 3 is 2.35 bits per heavy atom. The number of nitrogens with one attached hydrogen (secondary N) is 2. The van der Waals surface area contributed by atoms with E-state index in [9.17, 15) is 0 Å². The first kappa shape index (κ1) is 24.1. The number of benzene rings is 1. The van der Waals surface area contributed by atoms with Gasteiger partial charge in [0.1, 0.15) is 5.75 Å². The lowest BCUT2D eigenvalue weighted by Gasteiger charge is -2.02. The zero-order valence-electron chi connectivity index (χ0n) is 21.0. The van der Waals surface area contributed by atoms with Gasteiger partial charge in [-0.2, -0.15) is 0 Å². The summed E-state index contributed by atoms with van der Waals surface area (Å²) in [6.07, 6.45) is 19.6. The van der Waals surface area contributed by atoms with Gasteiger partial charge in [0, 0.05) is 22.7 Å². The molecule has 0 saturated carbocycles. The zero-order valence-corrected chi connectivity index (χ0v) is 21.0. The van der Waals surface area contributed by atoms with Crippen LogP contribution in [0, 0.1) is 6.92 Å². The number of aliphatic imine (C=N–C) groups is 1. The average molecular weight is 458 g/mol. The SMILES string of the molecule is CCCCCCCCCCCC1=NC(=Cc2[nH]c(-c3cc4cc(C)ccc4[nH]3)cc2OC)C=C1. The first-order valence-corrected chi connectivity index (χ1v) is 13.0. The Labute approximate surface area is 204 Å². The summed E-state index contributed by atoms with van der Waals surface area (Å²) in [7, 11) is 1.71. The number of unbranched alkanes of at least 4 members (excludes halogenated alkanes) is 8. The van der Waals surface area contributed by atoms with E-state index in [0.717, 1.165) is 40.5 Å². The summed E-state index contributed by atoms with van der Waals surface area (Å²) < 4.78 is 5.65. The molecule has 4 heteroatoms. The standard InChI is InChI=1S/C30H39N3O/c1-4-5-6-7-8-9-10-11-12-13-24-15-16-25(31-24)20-29-30(34-3)21-28(33-29)27-19-23-18-22(2)14-17-26(23)32-27/h14-21,32-33H,4-13H2,1-3H3. The molecule has 4 nitrogen and oxygen atoms in total. The largest absolute Gasteiger partial charge is 0.494 e. The molecule has 0 saturated heterocycles. The predicted octanol–water partition coefficient (Wildman–Crippen LogP) is 8.75. The van der Waals surface area contributed by atoms with E-state index >= 15 is 0 Å². The van der Waals surface area contributed by atoms with E-state index in [0.29, 0.717) is 0 Å². The van der Waals surface area contributed by atoms with Gasteiger partial charge in [-0.25, -0.2) is 0 Å². The Hall–Kier alpha value is -3.01. The minimum atomic E-state index is 0.827. The van der Waals surface area contributed by atoms with Crippen molar-refractivity contribution in [3.63, 3.8) is 0 Å². The second-order valence-electron chi connectivity index (χ2n) is 9.52. The summed E-state index contributed by atoms with van der Waals surface area (Å²) in [5.41, 5.74) is 7.57. The molecular formula is C30H39N3O. The molecule has 4 rings (SSSR count). The van der Waals surface area contributed by atoms with Crippen molar-refractivity contribution in [3.05, 3.63) is 59.4 Å². The van der Waals surface area contributed by atoms with Gasteiger partial charge in [-0.3, -0.25) is 4.99 Å². The van der Waals surface area contributed by atoms with Crippen molar-refractivity contribution in [2.24, 2.45) is 4.99 Å². The van der Waals surface area contributed by atoms with Crippen molar-refractivity contribution in [3.8, 4) is 17.1 Å². The van der Waals surface area contributed by atoms with Crippen LogP contribution in [0.15, 0.2) is 53.2 Å². The number of hydrogen-bond acceptors (Lipinski definition) is 2. The molecular weight excluding hydrogens is 418 g/mol. The number of fused-ring (bicyclic) bond motifs is 1. The topological polar surface area (TPSA) is 53.2 Å². The van der Waals surface area contributed by atoms with Gasteiger partial charge < -0.3 is 14.7 Å². The summed E-state index contributed by atoms with van der Waals surface area (Å²) >= 11 is 0. The predicted molar refractivity (Wildman–Crippen MR) is 146 cm³/mol. The maximum absolute atomic E-state index is 5.65. The van der Waals surface area contributed by atoms with Crippen LogP contribution in [-0.2, 0) is 0 Å². The minimum absolute atomic E-state index is 0.827. The van der Waals surface area contributed by atoms with Crippen molar-refractivity contribution in [1.29, 1.82) is 0 Å². The summed E-state index contributed by atoms with van der Waals surface area (Å²) in [5, 5.41) is 1.22. The second kappa shape index (κ2) is 11.9. The summed E-state index contributed by atoms with van der Waals surface area (Å²) in [4.78, 5) is 11.9. The molecule has 1 aromatic carbocycles. The van der Waals surface area contributed by atoms with Gasteiger partial charge in [-0.05, 0) is 56.2 Å². The molecule has 1 aliphatic heterocycles. The molecule has 3 aromatic rings. The fraction of sp³-hybridized carbons (Fsp3) is 0.433. The summed E-state index contributed by atoms with van der Waals surface area (Å²) in [6.45, 7) is 4.39. The molecule has 0 unspecified atom stereocenters. The van der Waals surface area contributed by atoms with Crippen LogP contribution in [0.25, 0.3) is 28.4 Å². The maximum Gasteiger partial charge on any atom is 0.144 e. The third kappa shape index (κ3) is 6.31. The van der Waals surface area contributed by atoms with Crippen LogP contribution in [0.3, 0.4) is 0 Å². The molecule has 2 N–H and O–H groups in total. The molecule has 0 aliphatic carbocycles. The maximum atomic E-state index is 5.65. The Bertz CT molecular complexity index is 1180. The molecule has 0 amide bonds. The van der Waals surface area contributed by atoms with Gasteiger partial charge in [0.05, 0.1) is 29.9 Å². The second-order valence-corrected chi connectivity index (χ2v) is 9.52. The lowest BCUT2D eigenvalue weighted by Crippen LogP contribution is -1.90. The van der Waals surface area contributed by atoms with Crippen molar-refractivity contribution < 1.29 is 4.74 Å². The van der Waals surface area contributed by atoms with E-state index in [2.05, 4.69) is 72.4 Å².